The Morgan fingerprint density at radius 1 is 0.519 bits per heavy atom. The third kappa shape index (κ3) is 6.83. The summed E-state index contributed by atoms with van der Waals surface area (Å²) in [6, 6.07) is 63.1. The van der Waals surface area contributed by atoms with Crippen molar-refractivity contribution in [3.8, 4) is 11.5 Å². The molecule has 0 unspecified atom stereocenters. The van der Waals surface area contributed by atoms with Crippen molar-refractivity contribution in [3.63, 3.8) is 0 Å². The number of hydrogen-bond donors (Lipinski definition) is 0. The first-order valence-corrected chi connectivity index (χ1v) is 29.3. The fourth-order valence-corrected chi connectivity index (χ4v) is 19.2. The summed E-state index contributed by atoms with van der Waals surface area (Å²) >= 11 is 1.67. The molecule has 7 heteroatoms. The van der Waals surface area contributed by atoms with Crippen molar-refractivity contribution in [2.45, 2.75) is 51.4 Å². The summed E-state index contributed by atoms with van der Waals surface area (Å²) in [5, 5.41) is 3.79. The number of thiophene rings is 1. The van der Waals surface area contributed by atoms with Gasteiger partial charge in [0.25, 0.3) is 6.71 Å². The van der Waals surface area contributed by atoms with Crippen LogP contribution in [-0.2, 0) is 10.8 Å². The quantitative estimate of drug-likeness (QED) is 0.111. The maximum atomic E-state index is 10.8. The minimum atomic E-state index is -3.72. The van der Waals surface area contributed by atoms with Gasteiger partial charge in [-0.3, -0.25) is 0 Å². The lowest BCUT2D eigenvalue weighted by Crippen LogP contribution is -2.74. The van der Waals surface area contributed by atoms with Crippen LogP contribution in [0.5, 0.6) is 11.5 Å². The molecule has 4 nitrogen and oxygen atoms in total. The van der Waals surface area contributed by atoms with Crippen molar-refractivity contribution >= 4 is 125 Å². The van der Waals surface area contributed by atoms with E-state index >= 15 is 0 Å². The Kier molecular flexibility index (Phi) is 8.61. The van der Waals surface area contributed by atoms with Gasteiger partial charge >= 0.3 is 0 Å². The third-order valence-electron chi connectivity index (χ3n) is 16.6. The van der Waals surface area contributed by atoms with E-state index in [4.69, 9.17) is 4.74 Å². The van der Waals surface area contributed by atoms with E-state index < -0.39 is 14.8 Å². The van der Waals surface area contributed by atoms with E-state index in [1.165, 1.54) is 4.88 Å². The highest BCUT2D eigenvalue weighted by atomic mass is 32.1. The van der Waals surface area contributed by atoms with Crippen molar-refractivity contribution < 1.29 is 15.7 Å². The van der Waals surface area contributed by atoms with Crippen LogP contribution >= 0.6 is 11.3 Å². The zero-order valence-electron chi connectivity index (χ0n) is 51.1. The molecular weight excluding hydrogens is 970 g/mol. The number of nitrogens with zero attached hydrogens (tertiary/aromatic N) is 3. The van der Waals surface area contributed by atoms with Gasteiger partial charge in [0.05, 0.1) is 28.0 Å². The summed E-state index contributed by atoms with van der Waals surface area (Å²) in [6.07, 6.45) is 1.82. The highest BCUT2D eigenvalue weighted by Crippen LogP contribution is 2.57. The first kappa shape index (κ1) is 38.2. The molecule has 0 atom stereocenters. The molecule has 4 heterocycles. The number of para-hydroxylation sites is 4. The van der Waals surface area contributed by atoms with Crippen molar-refractivity contribution in [1.82, 2.24) is 0 Å². The van der Waals surface area contributed by atoms with E-state index in [1.807, 2.05) is 150 Å². The van der Waals surface area contributed by atoms with Crippen LogP contribution in [0.2, 0.25) is 0 Å². The molecule has 11 aromatic rings. The van der Waals surface area contributed by atoms with Crippen LogP contribution in [0.1, 0.15) is 61.9 Å². The molecule has 1 aliphatic carbocycles. The maximum Gasteiger partial charge on any atom is 0.254 e. The Morgan fingerprint density at radius 2 is 1.05 bits per heavy atom. The van der Waals surface area contributed by atoms with Crippen molar-refractivity contribution in [3.05, 3.63) is 253 Å². The fourth-order valence-electron chi connectivity index (χ4n) is 13.0. The summed E-state index contributed by atoms with van der Waals surface area (Å²) in [5.74, 6) is -0.0622. The molecule has 0 bridgehead atoms. The van der Waals surface area contributed by atoms with Crippen LogP contribution < -0.4 is 56.6 Å². The second-order valence-corrected chi connectivity index (χ2v) is 26.7. The Hall–Kier alpha value is -8.36. The topological polar surface area (TPSA) is 19.0 Å². The minimum Gasteiger partial charge on any atom is -0.453 e. The predicted molar refractivity (Wildman–Crippen MR) is 330 cm³/mol. The van der Waals surface area contributed by atoms with E-state index in [0.717, 1.165) is 66.6 Å². The largest absolute Gasteiger partial charge is 0.453 e. The van der Waals surface area contributed by atoms with Gasteiger partial charge in [0.15, 0.2) is 19.6 Å². The third-order valence-corrected chi connectivity index (χ3v) is 22.8. The van der Waals surface area contributed by atoms with Gasteiger partial charge in [0.1, 0.15) is 0 Å². The van der Waals surface area contributed by atoms with Crippen molar-refractivity contribution in [1.29, 1.82) is 0 Å². The number of ether oxygens (including phenoxy) is 1. The molecule has 0 N–H and O–H groups in total. The van der Waals surface area contributed by atoms with Crippen LogP contribution in [0.4, 0.5) is 51.2 Å². The molecule has 3 aliphatic heterocycles. The number of rotatable bonds is 8. The SMILES string of the molecule is [2H]c1c([2H])c2c3c(c1[2H])B1c4c(cc(N(c5ccccc5)c5ccccc5)cc4N3c3c([2H])c([2H])c([Si](c4ccccc4)(c4ccccc4)c4ccccc4)c([2H])c3O2)N(c2ccccc2)c2c([2H])c([2H])c3c4c(sc3c21)C(C)(C)CCC4(C)C. The van der Waals surface area contributed by atoms with E-state index in [2.05, 4.69) is 86.0 Å². The van der Waals surface area contributed by atoms with E-state index in [1.54, 1.807) is 11.3 Å². The first-order chi connectivity index (χ1) is 41.1. The summed E-state index contributed by atoms with van der Waals surface area (Å²) < 4.78 is 91.3. The molecule has 10 aromatic carbocycles. The lowest BCUT2D eigenvalue weighted by molar-refractivity contribution is 0.341. The number of benzene rings is 10. The van der Waals surface area contributed by atoms with Crippen LogP contribution in [0.15, 0.2) is 242 Å². The van der Waals surface area contributed by atoms with Gasteiger partial charge in [-0.2, -0.15) is 0 Å². The lowest BCUT2D eigenvalue weighted by Gasteiger charge is -2.47. The minimum absolute atomic E-state index is 0.0264. The van der Waals surface area contributed by atoms with E-state index in [-0.39, 0.29) is 82.0 Å². The van der Waals surface area contributed by atoms with E-state index in [0.29, 0.717) is 38.9 Å². The van der Waals surface area contributed by atoms with Gasteiger partial charge in [0.2, 0.25) is 0 Å². The van der Waals surface area contributed by atoms with E-state index in [9.17, 15) is 11.0 Å². The van der Waals surface area contributed by atoms with Crippen molar-refractivity contribution in [2.75, 3.05) is 14.7 Å². The highest BCUT2D eigenvalue weighted by molar-refractivity contribution is 7.22. The summed E-state index contributed by atoms with van der Waals surface area (Å²) in [4.78, 5) is 7.31. The standard InChI is InChI=1S/C70H56BN3OSSi/c1-69(2)42-43-70(3,4)68-63(69)55-39-41-58-65(67(55)76-68)71-56-36-23-37-61-66(56)74(57-40-38-54(46-62(57)75-61)77(51-30-17-8-18-31-51,52-32-19-9-20-33-52)53-34-21-10-22-35-53)60-45-50(44-59(64(60)71)73(58)49-28-15-7-16-29-49)72(47-24-11-5-12-25-47)48-26-13-6-14-27-48/h5-41,44-46H,42-43H2,1-4H3/i23D,36D,37D,38D,39D,40D,41D,46D. The molecule has 370 valence electrons. The lowest BCUT2D eigenvalue weighted by atomic mass is 9.33. The van der Waals surface area contributed by atoms with Crippen molar-refractivity contribution in [2.24, 2.45) is 0 Å². The molecule has 0 spiro atoms. The zero-order valence-corrected chi connectivity index (χ0v) is 44.9. The summed E-state index contributed by atoms with van der Waals surface area (Å²) in [5.41, 5.74) is 7.49. The number of hydrogen-bond acceptors (Lipinski definition) is 5. The normalized spacial score (nSPS) is 16.6. The molecule has 0 radical (unpaired) electrons. The van der Waals surface area contributed by atoms with Crippen LogP contribution in [0.3, 0.4) is 0 Å². The van der Waals surface area contributed by atoms with Crippen LogP contribution in [0, 0.1) is 0 Å². The fraction of sp³-hybridized carbons (Fsp3) is 0.114. The monoisotopic (exact) mass is 1030 g/mol. The zero-order chi connectivity index (χ0) is 58.6. The molecule has 0 saturated carbocycles. The Morgan fingerprint density at radius 3 is 1.65 bits per heavy atom. The first-order valence-electron chi connectivity index (χ1n) is 30.5. The average Bonchev–Trinajstić information content (AvgIpc) is 1.53. The molecular formula is C70H56BN3OSSi. The van der Waals surface area contributed by atoms with Gasteiger partial charge in [0, 0.05) is 43.7 Å². The van der Waals surface area contributed by atoms with Gasteiger partial charge in [-0.05, 0) is 144 Å². The Labute approximate surface area is 468 Å². The van der Waals surface area contributed by atoms with Gasteiger partial charge in [-0.1, -0.05) is 197 Å². The van der Waals surface area contributed by atoms with Gasteiger partial charge in [-0.15, -0.1) is 11.3 Å². The van der Waals surface area contributed by atoms with Gasteiger partial charge in [-0.25, -0.2) is 0 Å². The van der Waals surface area contributed by atoms with Crippen LogP contribution in [0.25, 0.3) is 10.1 Å². The molecule has 4 aliphatic rings. The van der Waals surface area contributed by atoms with Gasteiger partial charge < -0.3 is 19.4 Å². The summed E-state index contributed by atoms with van der Waals surface area (Å²) in [7, 11) is -3.72. The number of anilines is 9. The Bertz CT molecular complexity index is 4440. The summed E-state index contributed by atoms with van der Waals surface area (Å²) in [6.45, 7) is 8.15. The number of fused-ring (bicyclic) bond motifs is 10. The van der Waals surface area contributed by atoms with Crippen LogP contribution in [-0.4, -0.2) is 14.8 Å². The molecule has 15 rings (SSSR count). The average molecular weight is 1030 g/mol. The molecule has 77 heavy (non-hydrogen) atoms. The molecule has 0 saturated heterocycles. The second kappa shape index (κ2) is 17.3. The predicted octanol–water partition coefficient (Wildman–Crippen LogP) is 14.3. The molecule has 0 amide bonds. The maximum absolute atomic E-state index is 10.8. The highest BCUT2D eigenvalue weighted by Gasteiger charge is 2.50. The molecule has 1 aromatic heterocycles. The molecule has 0 fully saturated rings. The Balaban J connectivity index is 1.13. The second-order valence-electron chi connectivity index (χ2n) is 22.0. The smallest absolute Gasteiger partial charge is 0.254 e.